The van der Waals surface area contributed by atoms with Crippen LogP contribution in [0.15, 0.2) is 36.7 Å². The number of aromatic nitrogens is 1. The van der Waals surface area contributed by atoms with Gasteiger partial charge in [-0.25, -0.2) is 0 Å². The molecule has 2 unspecified atom stereocenters. The molecule has 0 spiro atoms. The van der Waals surface area contributed by atoms with E-state index in [1.54, 1.807) is 0 Å². The average molecular weight is 271 g/mol. The lowest BCUT2D eigenvalue weighted by Crippen LogP contribution is -2.34. The molecule has 1 aromatic heterocycles. The SMILES string of the molecule is NCC(NCC1CCCO1)c1cncc2ccccc12. The number of benzene rings is 1. The van der Waals surface area contributed by atoms with Gasteiger partial charge in [0.2, 0.25) is 0 Å². The monoisotopic (exact) mass is 271 g/mol. The summed E-state index contributed by atoms with van der Waals surface area (Å²) < 4.78 is 5.65. The molecule has 0 saturated carbocycles. The third-order valence-electron chi connectivity index (χ3n) is 3.93. The summed E-state index contributed by atoms with van der Waals surface area (Å²) in [5, 5.41) is 5.90. The number of hydrogen-bond donors (Lipinski definition) is 2. The second kappa shape index (κ2) is 6.31. The Morgan fingerprint density at radius 2 is 2.25 bits per heavy atom. The fourth-order valence-corrected chi connectivity index (χ4v) is 2.82. The zero-order chi connectivity index (χ0) is 13.8. The molecule has 2 heterocycles. The lowest BCUT2D eigenvalue weighted by atomic mass is 10.0. The molecule has 2 aromatic rings. The van der Waals surface area contributed by atoms with Gasteiger partial charge >= 0.3 is 0 Å². The zero-order valence-electron chi connectivity index (χ0n) is 11.6. The maximum absolute atomic E-state index is 5.95. The third-order valence-corrected chi connectivity index (χ3v) is 3.93. The van der Waals surface area contributed by atoms with E-state index >= 15 is 0 Å². The zero-order valence-corrected chi connectivity index (χ0v) is 11.6. The lowest BCUT2D eigenvalue weighted by molar-refractivity contribution is 0.107. The normalized spacial score (nSPS) is 20.4. The summed E-state index contributed by atoms with van der Waals surface area (Å²) in [6.07, 6.45) is 6.44. The minimum absolute atomic E-state index is 0.123. The Hall–Kier alpha value is -1.49. The van der Waals surface area contributed by atoms with E-state index in [4.69, 9.17) is 10.5 Å². The molecule has 4 heteroatoms. The van der Waals surface area contributed by atoms with Crippen molar-refractivity contribution < 1.29 is 4.74 Å². The number of hydrogen-bond acceptors (Lipinski definition) is 4. The number of nitrogens with two attached hydrogens (primary N) is 1. The molecule has 20 heavy (non-hydrogen) atoms. The molecule has 4 nitrogen and oxygen atoms in total. The molecule has 1 saturated heterocycles. The second-order valence-electron chi connectivity index (χ2n) is 5.28. The van der Waals surface area contributed by atoms with Gasteiger partial charge < -0.3 is 15.8 Å². The Balaban J connectivity index is 1.79. The standard InChI is InChI=1S/C16H21N3O/c17-8-16(19-10-13-5-3-7-20-13)15-11-18-9-12-4-1-2-6-14(12)15/h1-2,4,6,9,11,13,16,19H,3,5,7-8,10,17H2. The van der Waals surface area contributed by atoms with Crippen molar-refractivity contribution in [3.05, 3.63) is 42.2 Å². The predicted molar refractivity (Wildman–Crippen MR) is 80.5 cm³/mol. The first-order valence-corrected chi connectivity index (χ1v) is 7.26. The molecule has 0 aliphatic carbocycles. The smallest absolute Gasteiger partial charge is 0.0700 e. The van der Waals surface area contributed by atoms with Crippen molar-refractivity contribution in [1.82, 2.24) is 10.3 Å². The number of ether oxygens (including phenoxy) is 1. The summed E-state index contributed by atoms with van der Waals surface area (Å²) in [7, 11) is 0. The van der Waals surface area contributed by atoms with E-state index in [2.05, 4.69) is 28.5 Å². The lowest BCUT2D eigenvalue weighted by Gasteiger charge is -2.20. The van der Waals surface area contributed by atoms with Gasteiger partial charge in [-0.3, -0.25) is 4.98 Å². The molecule has 3 rings (SSSR count). The van der Waals surface area contributed by atoms with E-state index in [9.17, 15) is 0 Å². The summed E-state index contributed by atoms with van der Waals surface area (Å²) in [6.45, 7) is 2.29. The molecule has 0 amide bonds. The summed E-state index contributed by atoms with van der Waals surface area (Å²) in [5.41, 5.74) is 7.12. The van der Waals surface area contributed by atoms with Crippen LogP contribution in [0.5, 0.6) is 0 Å². The van der Waals surface area contributed by atoms with Gasteiger partial charge in [0.25, 0.3) is 0 Å². The quantitative estimate of drug-likeness (QED) is 0.873. The van der Waals surface area contributed by atoms with Crippen LogP contribution in [-0.4, -0.2) is 30.8 Å². The molecule has 0 radical (unpaired) electrons. The van der Waals surface area contributed by atoms with Gasteiger partial charge in [-0.2, -0.15) is 0 Å². The molecule has 1 aliphatic rings. The first kappa shape index (κ1) is 13.5. The molecule has 2 atom stereocenters. The molecule has 3 N–H and O–H groups in total. The van der Waals surface area contributed by atoms with Crippen LogP contribution in [0.3, 0.4) is 0 Å². The molecular weight excluding hydrogens is 250 g/mol. The van der Waals surface area contributed by atoms with E-state index in [1.807, 2.05) is 18.5 Å². The van der Waals surface area contributed by atoms with Gasteiger partial charge in [-0.1, -0.05) is 24.3 Å². The largest absolute Gasteiger partial charge is 0.377 e. The highest BCUT2D eigenvalue weighted by Gasteiger charge is 2.18. The first-order chi connectivity index (χ1) is 9.88. The highest BCUT2D eigenvalue weighted by atomic mass is 16.5. The van der Waals surface area contributed by atoms with E-state index in [0.717, 1.165) is 31.4 Å². The van der Waals surface area contributed by atoms with Gasteiger partial charge in [-0.05, 0) is 23.8 Å². The van der Waals surface area contributed by atoms with Crippen molar-refractivity contribution in [3.8, 4) is 0 Å². The molecule has 0 bridgehead atoms. The summed E-state index contributed by atoms with van der Waals surface area (Å²) >= 11 is 0. The molecule has 1 fully saturated rings. The topological polar surface area (TPSA) is 60.2 Å². The van der Waals surface area contributed by atoms with Crippen molar-refractivity contribution in [3.63, 3.8) is 0 Å². The fraction of sp³-hybridized carbons (Fsp3) is 0.438. The number of nitrogens with zero attached hydrogens (tertiary/aromatic N) is 1. The van der Waals surface area contributed by atoms with Gasteiger partial charge in [0.15, 0.2) is 0 Å². The van der Waals surface area contributed by atoms with Crippen LogP contribution in [0.25, 0.3) is 10.8 Å². The van der Waals surface area contributed by atoms with Gasteiger partial charge in [0.1, 0.15) is 0 Å². The van der Waals surface area contributed by atoms with Crippen LogP contribution in [0.4, 0.5) is 0 Å². The van der Waals surface area contributed by atoms with E-state index in [0.29, 0.717) is 12.6 Å². The average Bonchev–Trinajstić information content (AvgIpc) is 3.01. The highest BCUT2D eigenvalue weighted by molar-refractivity contribution is 5.85. The van der Waals surface area contributed by atoms with Gasteiger partial charge in [0.05, 0.1) is 6.10 Å². The van der Waals surface area contributed by atoms with Crippen molar-refractivity contribution in [2.24, 2.45) is 5.73 Å². The Labute approximate surface area is 119 Å². The molecule has 106 valence electrons. The maximum atomic E-state index is 5.95. The Morgan fingerprint density at radius 3 is 3.05 bits per heavy atom. The third kappa shape index (κ3) is 2.82. The van der Waals surface area contributed by atoms with Crippen LogP contribution in [0, 0.1) is 0 Å². The summed E-state index contributed by atoms with van der Waals surface area (Å²) in [5.74, 6) is 0. The highest BCUT2D eigenvalue weighted by Crippen LogP contribution is 2.23. The van der Waals surface area contributed by atoms with Gasteiger partial charge in [-0.15, -0.1) is 0 Å². The summed E-state index contributed by atoms with van der Waals surface area (Å²) in [4.78, 5) is 4.33. The van der Waals surface area contributed by atoms with E-state index in [-0.39, 0.29) is 6.04 Å². The Morgan fingerprint density at radius 1 is 1.35 bits per heavy atom. The van der Waals surface area contributed by atoms with Crippen LogP contribution in [0.2, 0.25) is 0 Å². The van der Waals surface area contributed by atoms with Crippen LogP contribution < -0.4 is 11.1 Å². The number of pyridine rings is 1. The van der Waals surface area contributed by atoms with Crippen LogP contribution >= 0.6 is 0 Å². The molecular formula is C16H21N3O. The molecule has 1 aliphatic heterocycles. The van der Waals surface area contributed by atoms with E-state index < -0.39 is 0 Å². The minimum Gasteiger partial charge on any atom is -0.377 e. The second-order valence-corrected chi connectivity index (χ2v) is 5.28. The van der Waals surface area contributed by atoms with E-state index in [1.165, 1.54) is 10.9 Å². The fourth-order valence-electron chi connectivity index (χ4n) is 2.82. The number of rotatable bonds is 5. The maximum Gasteiger partial charge on any atom is 0.0700 e. The Bertz CT molecular complexity index is 561. The minimum atomic E-state index is 0.123. The van der Waals surface area contributed by atoms with Crippen molar-refractivity contribution in [2.45, 2.75) is 25.0 Å². The molecule has 1 aromatic carbocycles. The predicted octanol–water partition coefficient (Wildman–Crippen LogP) is 2.00. The van der Waals surface area contributed by atoms with Gasteiger partial charge in [0, 0.05) is 43.5 Å². The van der Waals surface area contributed by atoms with Crippen molar-refractivity contribution in [1.29, 1.82) is 0 Å². The van der Waals surface area contributed by atoms with Crippen molar-refractivity contribution >= 4 is 10.8 Å². The van der Waals surface area contributed by atoms with Crippen LogP contribution in [0.1, 0.15) is 24.4 Å². The summed E-state index contributed by atoms with van der Waals surface area (Å²) in [6, 6.07) is 8.42. The number of nitrogens with one attached hydrogen (secondary N) is 1. The first-order valence-electron chi connectivity index (χ1n) is 7.26. The van der Waals surface area contributed by atoms with Crippen molar-refractivity contribution in [2.75, 3.05) is 19.7 Å². The number of fused-ring (bicyclic) bond motifs is 1. The Kier molecular flexibility index (Phi) is 4.25. The van der Waals surface area contributed by atoms with Crippen LogP contribution in [-0.2, 0) is 4.74 Å².